The summed E-state index contributed by atoms with van der Waals surface area (Å²) in [5, 5.41) is 7.35. The van der Waals surface area contributed by atoms with Crippen LogP contribution in [0.1, 0.15) is 19.5 Å². The SMILES string of the molecule is CCS(=O)(=O)CC(C)NCc1ccn(C)n1. The molecule has 0 saturated carbocycles. The van der Waals surface area contributed by atoms with Crippen molar-refractivity contribution in [2.45, 2.75) is 26.4 Å². The lowest BCUT2D eigenvalue weighted by atomic mass is 10.3. The zero-order chi connectivity index (χ0) is 12.2. The lowest BCUT2D eigenvalue weighted by Crippen LogP contribution is -2.33. The number of aromatic nitrogens is 2. The fourth-order valence-electron chi connectivity index (χ4n) is 1.39. The van der Waals surface area contributed by atoms with E-state index in [0.29, 0.717) is 6.54 Å². The molecule has 0 spiro atoms. The molecule has 92 valence electrons. The molecule has 1 aromatic rings. The molecule has 0 aliphatic heterocycles. The second-order valence-electron chi connectivity index (χ2n) is 3.96. The summed E-state index contributed by atoms with van der Waals surface area (Å²) in [4.78, 5) is 0. The lowest BCUT2D eigenvalue weighted by Gasteiger charge is -2.12. The first kappa shape index (κ1) is 13.2. The highest BCUT2D eigenvalue weighted by Gasteiger charge is 2.13. The maximum absolute atomic E-state index is 11.4. The molecular formula is C10H19N3O2S. The van der Waals surface area contributed by atoms with Crippen LogP contribution in [0.2, 0.25) is 0 Å². The van der Waals surface area contributed by atoms with Crippen LogP contribution in [0.5, 0.6) is 0 Å². The second kappa shape index (κ2) is 5.45. The summed E-state index contributed by atoms with van der Waals surface area (Å²) >= 11 is 0. The number of rotatable bonds is 6. The minimum atomic E-state index is -2.91. The molecule has 1 aromatic heterocycles. The van der Waals surface area contributed by atoms with Gasteiger partial charge < -0.3 is 5.32 Å². The van der Waals surface area contributed by atoms with Gasteiger partial charge in [0.1, 0.15) is 0 Å². The fraction of sp³-hybridized carbons (Fsp3) is 0.700. The van der Waals surface area contributed by atoms with Crippen molar-refractivity contribution in [1.29, 1.82) is 0 Å². The number of hydrogen-bond acceptors (Lipinski definition) is 4. The average Bonchev–Trinajstić information content (AvgIpc) is 2.61. The molecule has 16 heavy (non-hydrogen) atoms. The van der Waals surface area contributed by atoms with Gasteiger partial charge in [-0.2, -0.15) is 5.10 Å². The van der Waals surface area contributed by atoms with Gasteiger partial charge in [-0.15, -0.1) is 0 Å². The number of nitrogens with zero attached hydrogens (tertiary/aromatic N) is 2. The molecule has 0 aliphatic carbocycles. The standard InChI is InChI=1S/C10H19N3O2S/c1-4-16(14,15)8-9(2)11-7-10-5-6-13(3)12-10/h5-6,9,11H,4,7-8H2,1-3H3. The van der Waals surface area contributed by atoms with Gasteiger partial charge in [-0.3, -0.25) is 4.68 Å². The van der Waals surface area contributed by atoms with Crippen molar-refractivity contribution in [2.75, 3.05) is 11.5 Å². The van der Waals surface area contributed by atoms with E-state index in [9.17, 15) is 8.42 Å². The summed E-state index contributed by atoms with van der Waals surface area (Å²) < 4.78 is 24.5. The van der Waals surface area contributed by atoms with Crippen molar-refractivity contribution in [1.82, 2.24) is 15.1 Å². The molecule has 1 heterocycles. The van der Waals surface area contributed by atoms with Gasteiger partial charge in [-0.1, -0.05) is 6.92 Å². The monoisotopic (exact) mass is 245 g/mol. The first-order valence-electron chi connectivity index (χ1n) is 5.35. The van der Waals surface area contributed by atoms with Gasteiger partial charge in [0.2, 0.25) is 0 Å². The molecule has 1 atom stereocenters. The predicted molar refractivity (Wildman–Crippen MR) is 63.8 cm³/mol. The average molecular weight is 245 g/mol. The number of hydrogen-bond donors (Lipinski definition) is 1. The lowest BCUT2D eigenvalue weighted by molar-refractivity contribution is 0.550. The summed E-state index contributed by atoms with van der Waals surface area (Å²) in [5.74, 6) is 0.374. The second-order valence-corrected chi connectivity index (χ2v) is 6.36. The van der Waals surface area contributed by atoms with Gasteiger partial charge in [0, 0.05) is 31.6 Å². The van der Waals surface area contributed by atoms with Crippen LogP contribution in [0.25, 0.3) is 0 Å². The predicted octanol–water partition coefficient (Wildman–Crippen LogP) is 0.333. The van der Waals surface area contributed by atoms with Gasteiger partial charge >= 0.3 is 0 Å². The van der Waals surface area contributed by atoms with Crippen LogP contribution < -0.4 is 5.32 Å². The Morgan fingerprint density at radius 1 is 1.56 bits per heavy atom. The molecule has 0 amide bonds. The van der Waals surface area contributed by atoms with Gasteiger partial charge in [-0.05, 0) is 13.0 Å². The van der Waals surface area contributed by atoms with Gasteiger partial charge in [-0.25, -0.2) is 8.42 Å². The topological polar surface area (TPSA) is 64.0 Å². The third-order valence-electron chi connectivity index (χ3n) is 2.34. The van der Waals surface area contributed by atoms with Crippen molar-refractivity contribution >= 4 is 9.84 Å². The van der Waals surface area contributed by atoms with E-state index in [1.165, 1.54) is 0 Å². The molecule has 0 radical (unpaired) electrons. The van der Waals surface area contributed by atoms with E-state index in [2.05, 4.69) is 10.4 Å². The molecule has 0 bridgehead atoms. The van der Waals surface area contributed by atoms with Gasteiger partial charge in [0.25, 0.3) is 0 Å². The molecule has 1 rings (SSSR count). The Balaban J connectivity index is 2.39. The Labute approximate surface area is 96.8 Å². The molecule has 6 heteroatoms. The first-order valence-corrected chi connectivity index (χ1v) is 7.17. The zero-order valence-corrected chi connectivity index (χ0v) is 10.8. The summed E-state index contributed by atoms with van der Waals surface area (Å²) in [7, 11) is -1.05. The first-order chi connectivity index (χ1) is 7.43. The van der Waals surface area contributed by atoms with E-state index in [0.717, 1.165) is 5.69 Å². The Kier molecular flexibility index (Phi) is 4.49. The van der Waals surface area contributed by atoms with E-state index >= 15 is 0 Å². The largest absolute Gasteiger partial charge is 0.308 e. The van der Waals surface area contributed by atoms with Crippen LogP contribution in [-0.4, -0.2) is 35.7 Å². The number of sulfone groups is 1. The third-order valence-corrected chi connectivity index (χ3v) is 4.23. The quantitative estimate of drug-likeness (QED) is 0.784. The van der Waals surface area contributed by atoms with Crippen molar-refractivity contribution in [2.24, 2.45) is 7.05 Å². The minimum Gasteiger partial charge on any atom is -0.308 e. The van der Waals surface area contributed by atoms with E-state index in [1.807, 2.05) is 26.2 Å². The summed E-state index contributed by atoms with van der Waals surface area (Å²) in [5.41, 5.74) is 0.920. The highest BCUT2D eigenvalue weighted by molar-refractivity contribution is 7.91. The number of nitrogens with one attached hydrogen (secondary N) is 1. The zero-order valence-electron chi connectivity index (χ0n) is 9.97. The van der Waals surface area contributed by atoms with Crippen molar-refractivity contribution in [3.8, 4) is 0 Å². The third kappa shape index (κ3) is 4.32. The summed E-state index contributed by atoms with van der Waals surface area (Å²) in [6.45, 7) is 4.14. The van der Waals surface area contributed by atoms with E-state index < -0.39 is 9.84 Å². The fourth-order valence-corrected chi connectivity index (χ4v) is 2.51. The maximum atomic E-state index is 11.4. The van der Waals surface area contributed by atoms with E-state index in [1.54, 1.807) is 11.6 Å². The van der Waals surface area contributed by atoms with Crippen LogP contribution in [0.3, 0.4) is 0 Å². The number of aryl methyl sites for hydroxylation is 1. The van der Waals surface area contributed by atoms with E-state index in [4.69, 9.17) is 0 Å². The minimum absolute atomic E-state index is 0.0491. The Hall–Kier alpha value is -0.880. The summed E-state index contributed by atoms with van der Waals surface area (Å²) in [6, 6.07) is 1.86. The smallest absolute Gasteiger partial charge is 0.151 e. The van der Waals surface area contributed by atoms with Gasteiger partial charge in [0.05, 0.1) is 11.4 Å². The molecular weight excluding hydrogens is 226 g/mol. The van der Waals surface area contributed by atoms with Crippen LogP contribution in [0, 0.1) is 0 Å². The van der Waals surface area contributed by atoms with Crippen molar-refractivity contribution in [3.05, 3.63) is 18.0 Å². The normalized spacial score (nSPS) is 13.9. The van der Waals surface area contributed by atoms with Crippen LogP contribution in [-0.2, 0) is 23.4 Å². The highest BCUT2D eigenvalue weighted by Crippen LogP contribution is 1.97. The van der Waals surface area contributed by atoms with Crippen molar-refractivity contribution < 1.29 is 8.42 Å². The van der Waals surface area contributed by atoms with Crippen LogP contribution >= 0.6 is 0 Å². The Morgan fingerprint density at radius 2 is 2.25 bits per heavy atom. The van der Waals surface area contributed by atoms with Crippen LogP contribution in [0.4, 0.5) is 0 Å². The highest BCUT2D eigenvalue weighted by atomic mass is 32.2. The maximum Gasteiger partial charge on any atom is 0.151 e. The van der Waals surface area contributed by atoms with Gasteiger partial charge in [0.15, 0.2) is 9.84 Å². The molecule has 0 aliphatic rings. The molecule has 5 nitrogen and oxygen atoms in total. The summed E-state index contributed by atoms with van der Waals surface area (Å²) in [6.07, 6.45) is 1.87. The molecule has 0 fully saturated rings. The van der Waals surface area contributed by atoms with Crippen molar-refractivity contribution in [3.63, 3.8) is 0 Å². The Morgan fingerprint density at radius 3 is 2.75 bits per heavy atom. The molecule has 0 saturated heterocycles. The van der Waals surface area contributed by atoms with E-state index in [-0.39, 0.29) is 17.5 Å². The molecule has 0 aromatic carbocycles. The molecule has 1 N–H and O–H groups in total. The molecule has 1 unspecified atom stereocenters. The Bertz CT molecular complexity index is 425. The van der Waals surface area contributed by atoms with Crippen LogP contribution in [0.15, 0.2) is 12.3 Å².